The van der Waals surface area contributed by atoms with E-state index in [0.29, 0.717) is 48.1 Å². The highest BCUT2D eigenvalue weighted by Crippen LogP contribution is 2.20. The molecule has 0 bridgehead atoms. The Balaban J connectivity index is 1.80. The van der Waals surface area contributed by atoms with Crippen LogP contribution in [-0.2, 0) is 24.4 Å². The van der Waals surface area contributed by atoms with Gasteiger partial charge in [-0.05, 0) is 18.6 Å². The third-order valence-corrected chi connectivity index (χ3v) is 4.90. The molecule has 0 saturated carbocycles. The molecule has 4 rings (SSSR count). The second-order valence-electron chi connectivity index (χ2n) is 6.94. The standard InChI is InChI=1S/C20H23N5O5/c1-3-4-7-24-18-17(23(13-21-18)8-10-28-2)19(26)25(20(24)27)12-14-11-16(30-22-14)15-6-5-9-29-15/h5-6,9,11,13H,3-4,7-8,10,12H2,1-2H3. The normalized spacial score (nSPS) is 11.5. The van der Waals surface area contributed by atoms with Gasteiger partial charge in [-0.25, -0.2) is 9.78 Å². The highest BCUT2D eigenvalue weighted by Gasteiger charge is 2.19. The fourth-order valence-electron chi connectivity index (χ4n) is 3.34. The van der Waals surface area contributed by atoms with E-state index in [1.165, 1.54) is 10.8 Å². The molecule has 4 aromatic rings. The highest BCUT2D eigenvalue weighted by atomic mass is 16.5. The van der Waals surface area contributed by atoms with E-state index in [-0.39, 0.29) is 6.54 Å². The van der Waals surface area contributed by atoms with Crippen molar-refractivity contribution < 1.29 is 13.7 Å². The molecule has 10 heteroatoms. The third-order valence-electron chi connectivity index (χ3n) is 4.90. The summed E-state index contributed by atoms with van der Waals surface area (Å²) in [4.78, 5) is 30.7. The van der Waals surface area contributed by atoms with Crippen molar-refractivity contribution in [2.75, 3.05) is 13.7 Å². The number of rotatable bonds is 9. The smallest absolute Gasteiger partial charge is 0.333 e. The van der Waals surface area contributed by atoms with Crippen LogP contribution in [-0.4, -0.2) is 37.6 Å². The number of aromatic nitrogens is 5. The molecule has 0 aliphatic carbocycles. The molecule has 0 N–H and O–H groups in total. The van der Waals surface area contributed by atoms with Crippen LogP contribution in [0.25, 0.3) is 22.7 Å². The van der Waals surface area contributed by atoms with Crippen molar-refractivity contribution in [1.82, 2.24) is 23.8 Å². The summed E-state index contributed by atoms with van der Waals surface area (Å²) >= 11 is 0. The maximum atomic E-state index is 13.2. The van der Waals surface area contributed by atoms with Crippen molar-refractivity contribution in [3.05, 3.63) is 57.3 Å². The first kappa shape index (κ1) is 19.9. The highest BCUT2D eigenvalue weighted by molar-refractivity contribution is 5.70. The molecular formula is C20H23N5O5. The molecule has 0 saturated heterocycles. The zero-order valence-electron chi connectivity index (χ0n) is 16.9. The number of hydrogen-bond acceptors (Lipinski definition) is 7. The van der Waals surface area contributed by atoms with E-state index in [4.69, 9.17) is 13.7 Å². The number of fused-ring (bicyclic) bond motifs is 1. The first-order valence-electron chi connectivity index (χ1n) is 9.81. The molecule has 4 aromatic heterocycles. The minimum Gasteiger partial charge on any atom is -0.461 e. The largest absolute Gasteiger partial charge is 0.461 e. The molecule has 0 aliphatic heterocycles. The predicted octanol–water partition coefficient (Wildman–Crippen LogP) is 2.10. The summed E-state index contributed by atoms with van der Waals surface area (Å²) in [5, 5.41) is 4.00. The molecule has 30 heavy (non-hydrogen) atoms. The molecule has 0 fully saturated rings. The Bertz CT molecular complexity index is 1250. The van der Waals surface area contributed by atoms with E-state index in [1.54, 1.807) is 40.8 Å². The average molecular weight is 413 g/mol. The summed E-state index contributed by atoms with van der Waals surface area (Å²) in [6.45, 7) is 3.39. The summed E-state index contributed by atoms with van der Waals surface area (Å²) < 4.78 is 20.2. The van der Waals surface area contributed by atoms with Gasteiger partial charge in [0.15, 0.2) is 16.9 Å². The van der Waals surface area contributed by atoms with E-state index in [2.05, 4.69) is 10.1 Å². The van der Waals surface area contributed by atoms with Crippen molar-refractivity contribution in [3.63, 3.8) is 0 Å². The number of hydrogen-bond donors (Lipinski definition) is 0. The number of aryl methyl sites for hydroxylation is 1. The predicted molar refractivity (Wildman–Crippen MR) is 108 cm³/mol. The lowest BCUT2D eigenvalue weighted by molar-refractivity contribution is 0.188. The van der Waals surface area contributed by atoms with Crippen molar-refractivity contribution in [2.24, 2.45) is 0 Å². The van der Waals surface area contributed by atoms with Gasteiger partial charge in [-0.2, -0.15) is 0 Å². The van der Waals surface area contributed by atoms with Gasteiger partial charge < -0.3 is 18.2 Å². The molecule has 4 heterocycles. The number of unbranched alkanes of at least 4 members (excludes halogenated alkanes) is 1. The van der Waals surface area contributed by atoms with E-state index in [0.717, 1.165) is 12.8 Å². The summed E-state index contributed by atoms with van der Waals surface area (Å²) in [6.07, 6.45) is 4.81. The van der Waals surface area contributed by atoms with Crippen LogP contribution in [0.15, 0.2) is 49.3 Å². The Labute approximate surface area is 171 Å². The van der Waals surface area contributed by atoms with E-state index in [1.807, 2.05) is 6.92 Å². The van der Waals surface area contributed by atoms with Crippen molar-refractivity contribution in [2.45, 2.75) is 39.4 Å². The van der Waals surface area contributed by atoms with Crippen molar-refractivity contribution in [1.29, 1.82) is 0 Å². The second-order valence-corrected chi connectivity index (χ2v) is 6.94. The van der Waals surface area contributed by atoms with Gasteiger partial charge in [0.2, 0.25) is 5.76 Å². The molecule has 0 aromatic carbocycles. The molecular weight excluding hydrogens is 390 g/mol. The topological polar surface area (TPSA) is 110 Å². The van der Waals surface area contributed by atoms with Crippen LogP contribution in [0.4, 0.5) is 0 Å². The summed E-state index contributed by atoms with van der Waals surface area (Å²) in [6, 6.07) is 5.14. The Morgan fingerprint density at radius 1 is 1.17 bits per heavy atom. The van der Waals surface area contributed by atoms with E-state index < -0.39 is 11.2 Å². The van der Waals surface area contributed by atoms with Gasteiger partial charge in [-0.15, -0.1) is 0 Å². The molecule has 0 spiro atoms. The Kier molecular flexibility index (Phi) is 5.66. The molecule has 0 aliphatic rings. The van der Waals surface area contributed by atoms with Gasteiger partial charge in [0.1, 0.15) is 5.69 Å². The van der Waals surface area contributed by atoms with Crippen LogP contribution in [0.5, 0.6) is 0 Å². The maximum Gasteiger partial charge on any atom is 0.333 e. The van der Waals surface area contributed by atoms with Crippen LogP contribution in [0, 0.1) is 0 Å². The number of furan rings is 1. The van der Waals surface area contributed by atoms with E-state index >= 15 is 0 Å². The van der Waals surface area contributed by atoms with Crippen molar-refractivity contribution in [3.8, 4) is 11.5 Å². The summed E-state index contributed by atoms with van der Waals surface area (Å²) in [7, 11) is 1.59. The third kappa shape index (κ3) is 3.61. The molecule has 10 nitrogen and oxygen atoms in total. The number of methoxy groups -OCH3 is 1. The first-order chi connectivity index (χ1) is 14.6. The summed E-state index contributed by atoms with van der Waals surface area (Å²) in [5.74, 6) is 0.954. The lowest BCUT2D eigenvalue weighted by Gasteiger charge is -2.11. The quantitative estimate of drug-likeness (QED) is 0.413. The molecule has 0 atom stereocenters. The monoisotopic (exact) mass is 413 g/mol. The van der Waals surface area contributed by atoms with Gasteiger partial charge in [0.25, 0.3) is 5.56 Å². The van der Waals surface area contributed by atoms with Gasteiger partial charge >= 0.3 is 5.69 Å². The minimum absolute atomic E-state index is 0.0145. The van der Waals surface area contributed by atoms with Crippen LogP contribution >= 0.6 is 0 Å². The SMILES string of the molecule is CCCCn1c(=O)n(Cc2cc(-c3ccco3)on2)c(=O)c2c1ncn2CCOC. The van der Waals surface area contributed by atoms with Gasteiger partial charge in [-0.1, -0.05) is 18.5 Å². The van der Waals surface area contributed by atoms with Crippen LogP contribution in [0.2, 0.25) is 0 Å². The van der Waals surface area contributed by atoms with Gasteiger partial charge in [-0.3, -0.25) is 13.9 Å². The maximum absolute atomic E-state index is 13.2. The molecule has 0 amide bonds. The average Bonchev–Trinajstić information content (AvgIpc) is 3.50. The lowest BCUT2D eigenvalue weighted by atomic mass is 10.3. The van der Waals surface area contributed by atoms with Crippen LogP contribution < -0.4 is 11.2 Å². The van der Waals surface area contributed by atoms with Crippen LogP contribution in [0.3, 0.4) is 0 Å². The number of ether oxygens (including phenoxy) is 1. The molecule has 0 radical (unpaired) electrons. The molecule has 0 unspecified atom stereocenters. The van der Waals surface area contributed by atoms with Crippen molar-refractivity contribution >= 4 is 11.2 Å². The fourth-order valence-corrected chi connectivity index (χ4v) is 3.34. The Hall–Kier alpha value is -3.40. The Morgan fingerprint density at radius 3 is 2.77 bits per heavy atom. The molecule has 158 valence electrons. The second kappa shape index (κ2) is 8.54. The van der Waals surface area contributed by atoms with Gasteiger partial charge in [0.05, 0.1) is 25.7 Å². The zero-order valence-corrected chi connectivity index (χ0v) is 16.9. The minimum atomic E-state index is -0.418. The Morgan fingerprint density at radius 2 is 2.03 bits per heavy atom. The van der Waals surface area contributed by atoms with E-state index in [9.17, 15) is 9.59 Å². The fraction of sp³-hybridized carbons (Fsp3) is 0.400. The lowest BCUT2D eigenvalue weighted by Crippen LogP contribution is -2.41. The first-order valence-corrected chi connectivity index (χ1v) is 9.81. The number of nitrogens with zero attached hydrogens (tertiary/aromatic N) is 5. The van der Waals surface area contributed by atoms with Gasteiger partial charge in [0, 0.05) is 26.3 Å². The summed E-state index contributed by atoms with van der Waals surface area (Å²) in [5.41, 5.74) is 0.379. The zero-order chi connectivity index (χ0) is 21.1. The number of imidazole rings is 1. The van der Waals surface area contributed by atoms with Crippen LogP contribution in [0.1, 0.15) is 25.5 Å².